The van der Waals surface area contributed by atoms with Gasteiger partial charge in [0, 0.05) is 0 Å². The Labute approximate surface area is 190 Å². The molecule has 0 aromatic carbocycles. The third kappa shape index (κ3) is 26.7. The fraction of sp³-hybridized carbons (Fsp3) is 0.667. The van der Waals surface area contributed by atoms with Gasteiger partial charge in [-0.25, -0.2) is 0 Å². The normalized spacial score (nSPS) is 12.3. The second-order valence-electron chi connectivity index (χ2n) is 8.62. The zero-order valence-electron chi connectivity index (χ0n) is 20.3. The maximum Gasteiger partial charge on any atom is -0.0348 e. The van der Waals surface area contributed by atoms with Crippen molar-refractivity contribution in [2.24, 2.45) is 0 Å². The van der Waals surface area contributed by atoms with Crippen molar-refractivity contribution in [3.8, 4) is 0 Å². The van der Waals surface area contributed by atoms with Crippen LogP contribution in [0.3, 0.4) is 0 Å². The summed E-state index contributed by atoms with van der Waals surface area (Å²) in [5.41, 5.74) is 0. The fourth-order valence-electron chi connectivity index (χ4n) is 3.74. The molecule has 0 N–H and O–H groups in total. The highest BCUT2D eigenvalue weighted by Gasteiger charge is 1.94. The summed E-state index contributed by atoms with van der Waals surface area (Å²) in [4.78, 5) is 0. The Balaban J connectivity index is 3.16. The van der Waals surface area contributed by atoms with E-state index in [2.05, 4.69) is 37.8 Å². The monoisotopic (exact) mass is 412 g/mol. The second-order valence-corrected chi connectivity index (χ2v) is 8.62. The maximum absolute atomic E-state index is 3.64. The van der Waals surface area contributed by atoms with Gasteiger partial charge in [0.05, 0.1) is 0 Å². The zero-order valence-corrected chi connectivity index (χ0v) is 20.3. The van der Waals surface area contributed by atoms with E-state index in [0.29, 0.717) is 0 Å². The van der Waals surface area contributed by atoms with Gasteiger partial charge in [-0.05, 0) is 12.8 Å². The van der Waals surface area contributed by atoms with Gasteiger partial charge in [-0.2, -0.15) is 0 Å². The molecule has 0 unspecified atom stereocenters. The van der Waals surface area contributed by atoms with Crippen molar-refractivity contribution in [2.45, 2.75) is 129 Å². The summed E-state index contributed by atoms with van der Waals surface area (Å²) in [7, 11) is 0. The molecule has 0 amide bonds. The second kappa shape index (κ2) is 27.7. The Kier molecular flexibility index (Phi) is 26.5. The standard InChI is InChI=1S/C30H52/c1-3-5-7-9-11-13-15-17-19-21-23-25-27-29-30-28-26-24-22-20-18-16-14-12-10-8-6-4-2/h3,5,7,9,11,13,15,17,19H,1,4,6,8,10,12,14,16,18,20-30H2,2H3/b7-5+,11-9+,15-13+,19-17+. The van der Waals surface area contributed by atoms with E-state index < -0.39 is 0 Å². The molecule has 30 heavy (non-hydrogen) atoms. The molecule has 0 aliphatic rings. The van der Waals surface area contributed by atoms with Gasteiger partial charge in [0.25, 0.3) is 0 Å². The molecule has 0 spiro atoms. The van der Waals surface area contributed by atoms with Crippen molar-refractivity contribution in [1.29, 1.82) is 0 Å². The first-order valence-corrected chi connectivity index (χ1v) is 13.2. The summed E-state index contributed by atoms with van der Waals surface area (Å²) in [6, 6.07) is 0. The number of allylic oxidation sites excluding steroid dienone is 9. The lowest BCUT2D eigenvalue weighted by Gasteiger charge is -2.03. The zero-order chi connectivity index (χ0) is 21.8. The molecule has 0 rings (SSSR count). The molecule has 0 fully saturated rings. The van der Waals surface area contributed by atoms with Crippen LogP contribution in [-0.2, 0) is 0 Å². The number of hydrogen-bond acceptors (Lipinski definition) is 0. The van der Waals surface area contributed by atoms with Gasteiger partial charge in [-0.15, -0.1) is 0 Å². The van der Waals surface area contributed by atoms with E-state index in [0.717, 1.165) is 0 Å². The van der Waals surface area contributed by atoms with Gasteiger partial charge in [0.2, 0.25) is 0 Å². The predicted octanol–water partition coefficient (Wildman–Crippen LogP) is 10.8. The molecule has 172 valence electrons. The van der Waals surface area contributed by atoms with Gasteiger partial charge in [-0.3, -0.25) is 0 Å². The SMILES string of the molecule is C=C/C=C/C=C/C=C/C=C/CCCCCCCCCCCCCCCCCCCC. The first-order valence-electron chi connectivity index (χ1n) is 13.2. The van der Waals surface area contributed by atoms with Crippen LogP contribution in [0, 0.1) is 0 Å². The van der Waals surface area contributed by atoms with Crippen LogP contribution >= 0.6 is 0 Å². The third-order valence-electron chi connectivity index (χ3n) is 5.66. The van der Waals surface area contributed by atoms with Crippen LogP contribution < -0.4 is 0 Å². The summed E-state index contributed by atoms with van der Waals surface area (Å²) >= 11 is 0. The van der Waals surface area contributed by atoms with Crippen LogP contribution in [0.5, 0.6) is 0 Å². The lowest BCUT2D eigenvalue weighted by atomic mass is 10.0. The van der Waals surface area contributed by atoms with Crippen LogP contribution in [0.4, 0.5) is 0 Å². The van der Waals surface area contributed by atoms with Gasteiger partial charge in [0.1, 0.15) is 0 Å². The van der Waals surface area contributed by atoms with Crippen molar-refractivity contribution >= 4 is 0 Å². The molecule has 0 heteroatoms. The fourth-order valence-corrected chi connectivity index (χ4v) is 3.74. The van der Waals surface area contributed by atoms with Crippen LogP contribution in [-0.4, -0.2) is 0 Å². The van der Waals surface area contributed by atoms with E-state index in [1.807, 2.05) is 24.3 Å². The van der Waals surface area contributed by atoms with Crippen molar-refractivity contribution in [3.63, 3.8) is 0 Å². The van der Waals surface area contributed by atoms with Gasteiger partial charge < -0.3 is 0 Å². The minimum Gasteiger partial charge on any atom is -0.0991 e. The Morgan fingerprint density at radius 2 is 0.733 bits per heavy atom. The first kappa shape index (κ1) is 28.7. The van der Waals surface area contributed by atoms with Crippen LogP contribution in [0.25, 0.3) is 0 Å². The van der Waals surface area contributed by atoms with Gasteiger partial charge >= 0.3 is 0 Å². The molecule has 0 heterocycles. The maximum atomic E-state index is 3.64. The third-order valence-corrected chi connectivity index (χ3v) is 5.66. The minimum atomic E-state index is 1.21. The molecule has 0 saturated carbocycles. The van der Waals surface area contributed by atoms with Gasteiger partial charge in [0.15, 0.2) is 0 Å². The topological polar surface area (TPSA) is 0 Å². The molecule has 0 bridgehead atoms. The summed E-state index contributed by atoms with van der Waals surface area (Å²) in [6.45, 7) is 5.94. The van der Waals surface area contributed by atoms with Crippen LogP contribution in [0.2, 0.25) is 0 Å². The lowest BCUT2D eigenvalue weighted by molar-refractivity contribution is 0.525. The Morgan fingerprint density at radius 1 is 0.400 bits per heavy atom. The number of hydrogen-bond donors (Lipinski definition) is 0. The molecule has 0 nitrogen and oxygen atoms in total. The molecule has 0 aliphatic heterocycles. The molecule has 0 radical (unpaired) electrons. The highest BCUT2D eigenvalue weighted by atomic mass is 14.0. The van der Waals surface area contributed by atoms with Crippen LogP contribution in [0.15, 0.2) is 61.3 Å². The van der Waals surface area contributed by atoms with Crippen molar-refractivity contribution in [3.05, 3.63) is 61.3 Å². The van der Waals surface area contributed by atoms with E-state index in [4.69, 9.17) is 0 Å². The molecule has 0 atom stereocenters. The quantitative estimate of drug-likeness (QED) is 0.116. The predicted molar refractivity (Wildman–Crippen MR) is 140 cm³/mol. The Morgan fingerprint density at radius 3 is 1.13 bits per heavy atom. The number of rotatable bonds is 23. The summed E-state index contributed by atoms with van der Waals surface area (Å²) in [5.74, 6) is 0. The molecule has 0 aliphatic carbocycles. The summed E-state index contributed by atoms with van der Waals surface area (Å²) in [5, 5.41) is 0. The van der Waals surface area contributed by atoms with E-state index in [9.17, 15) is 0 Å². The Bertz CT molecular complexity index is 435. The molecule has 0 saturated heterocycles. The number of unbranched alkanes of at least 4 members (excludes halogenated alkanes) is 18. The molecule has 0 aromatic rings. The molecular formula is C30H52. The van der Waals surface area contributed by atoms with E-state index >= 15 is 0 Å². The summed E-state index contributed by atoms with van der Waals surface area (Å²) in [6.07, 6.45) is 45.6. The van der Waals surface area contributed by atoms with Gasteiger partial charge in [-0.1, -0.05) is 177 Å². The molecule has 0 aromatic heterocycles. The lowest BCUT2D eigenvalue weighted by Crippen LogP contribution is -1.84. The summed E-state index contributed by atoms with van der Waals surface area (Å²) < 4.78 is 0. The first-order chi connectivity index (χ1) is 14.9. The average Bonchev–Trinajstić information content (AvgIpc) is 2.76. The highest BCUT2D eigenvalue weighted by Crippen LogP contribution is 2.14. The minimum absolute atomic E-state index is 1.21. The van der Waals surface area contributed by atoms with Crippen molar-refractivity contribution in [1.82, 2.24) is 0 Å². The molecular weight excluding hydrogens is 360 g/mol. The van der Waals surface area contributed by atoms with Crippen molar-refractivity contribution in [2.75, 3.05) is 0 Å². The van der Waals surface area contributed by atoms with E-state index in [-0.39, 0.29) is 0 Å². The van der Waals surface area contributed by atoms with Crippen LogP contribution in [0.1, 0.15) is 129 Å². The average molecular weight is 413 g/mol. The Hall–Kier alpha value is -1.30. The highest BCUT2D eigenvalue weighted by molar-refractivity contribution is 5.17. The smallest absolute Gasteiger partial charge is 0.0348 e. The largest absolute Gasteiger partial charge is 0.0991 e. The van der Waals surface area contributed by atoms with E-state index in [1.54, 1.807) is 6.08 Å². The van der Waals surface area contributed by atoms with Crippen molar-refractivity contribution < 1.29 is 0 Å². The van der Waals surface area contributed by atoms with E-state index in [1.165, 1.54) is 122 Å².